The summed E-state index contributed by atoms with van der Waals surface area (Å²) in [6.45, 7) is 3.03. The fraction of sp³-hybridized carbons (Fsp3) is 0.464. The molecule has 2 N–H and O–H groups in total. The molecule has 0 radical (unpaired) electrons. The smallest absolute Gasteiger partial charge is 0.409 e. The Morgan fingerprint density at radius 2 is 1.81 bits per heavy atom. The number of benzene rings is 2. The normalized spacial score (nSPS) is 21.6. The lowest BCUT2D eigenvalue weighted by Gasteiger charge is -2.30. The molecule has 8 heteroatoms. The first-order valence-corrected chi connectivity index (χ1v) is 12.7. The predicted octanol–water partition coefficient (Wildman–Crippen LogP) is 4.81. The van der Waals surface area contributed by atoms with Crippen LogP contribution in [0.5, 0.6) is 0 Å². The minimum absolute atomic E-state index is 0.106. The molecule has 0 bridgehead atoms. The minimum atomic E-state index is -0.736. The third-order valence-corrected chi connectivity index (χ3v) is 7.97. The topological polar surface area (TPSA) is 105 Å². The maximum atomic E-state index is 12.3. The summed E-state index contributed by atoms with van der Waals surface area (Å²) in [5.74, 6) is -0.0473. The van der Waals surface area contributed by atoms with Gasteiger partial charge in [-0.1, -0.05) is 36.4 Å². The largest absolute Gasteiger partial charge is 0.481 e. The summed E-state index contributed by atoms with van der Waals surface area (Å²) in [4.78, 5) is 30.7. The fourth-order valence-corrected chi connectivity index (χ4v) is 5.88. The summed E-state index contributed by atoms with van der Waals surface area (Å²) in [5.41, 5.74) is 4.80. The van der Waals surface area contributed by atoms with Crippen molar-refractivity contribution in [3.05, 3.63) is 65.0 Å². The number of hydrogen-bond acceptors (Lipinski definition) is 5. The van der Waals surface area contributed by atoms with E-state index in [0.29, 0.717) is 25.9 Å². The molecule has 1 saturated carbocycles. The first-order chi connectivity index (χ1) is 17.4. The number of methoxy groups -OCH3 is 1. The van der Waals surface area contributed by atoms with E-state index >= 15 is 0 Å². The first kappa shape index (κ1) is 24.3. The Morgan fingerprint density at radius 3 is 2.47 bits per heavy atom. The quantitative estimate of drug-likeness (QED) is 0.531. The van der Waals surface area contributed by atoms with Gasteiger partial charge in [-0.3, -0.25) is 4.79 Å². The van der Waals surface area contributed by atoms with Crippen LogP contribution in [0.25, 0.3) is 11.0 Å². The van der Waals surface area contributed by atoms with Crippen molar-refractivity contribution < 1.29 is 24.5 Å². The lowest BCUT2D eigenvalue weighted by atomic mass is 9.81. The number of aromatic nitrogens is 2. The number of rotatable bonds is 5. The lowest BCUT2D eigenvalue weighted by molar-refractivity contribution is -0.142. The molecule has 8 nitrogen and oxygen atoms in total. The second-order valence-electron chi connectivity index (χ2n) is 10.0. The molecular formula is C28H33N3O5. The van der Waals surface area contributed by atoms with Crippen LogP contribution in [0.2, 0.25) is 0 Å². The molecule has 190 valence electrons. The van der Waals surface area contributed by atoms with Gasteiger partial charge in [0.15, 0.2) is 0 Å². The van der Waals surface area contributed by atoms with Gasteiger partial charge in [-0.15, -0.1) is 0 Å². The van der Waals surface area contributed by atoms with Crippen molar-refractivity contribution in [3.63, 3.8) is 0 Å². The number of aliphatic hydroxyl groups is 1. The summed E-state index contributed by atoms with van der Waals surface area (Å²) in [6.07, 6.45) is 2.36. The van der Waals surface area contributed by atoms with Crippen molar-refractivity contribution in [3.8, 4) is 0 Å². The molecule has 2 aromatic carbocycles. The molecule has 2 heterocycles. The van der Waals surface area contributed by atoms with Crippen molar-refractivity contribution in [2.75, 3.05) is 13.7 Å². The van der Waals surface area contributed by atoms with Crippen LogP contribution in [-0.2, 0) is 22.5 Å². The van der Waals surface area contributed by atoms with E-state index in [0.717, 1.165) is 47.2 Å². The van der Waals surface area contributed by atoms with Gasteiger partial charge in [0.25, 0.3) is 0 Å². The Labute approximate surface area is 210 Å². The number of imidazole rings is 1. The number of fused-ring (bicyclic) bond motifs is 3. The molecule has 2 aliphatic rings. The van der Waals surface area contributed by atoms with Crippen LogP contribution in [0, 0.1) is 5.92 Å². The van der Waals surface area contributed by atoms with Crippen molar-refractivity contribution in [1.29, 1.82) is 0 Å². The standard InChI is InChI=1S/C28H33N3O5/c1-17(25(32)19-6-4-3-5-7-19)31-23-13-12-18-14-15-30(28(35)36-2)16-22(18)24(23)29-26(31)20-8-10-21(11-9-20)27(33)34/h3-7,12-13,17,20-21,25,32H,8-11,14-16H2,1-2H3,(H,33,34)/t17-,20-,21-,25+/m1/s1. The van der Waals surface area contributed by atoms with Crippen molar-refractivity contribution in [2.24, 2.45) is 5.92 Å². The summed E-state index contributed by atoms with van der Waals surface area (Å²) < 4.78 is 7.12. The highest BCUT2D eigenvalue weighted by Gasteiger charge is 2.34. The van der Waals surface area contributed by atoms with Gasteiger partial charge >= 0.3 is 12.1 Å². The van der Waals surface area contributed by atoms with Gasteiger partial charge in [-0.05, 0) is 56.2 Å². The number of nitrogens with zero attached hydrogens (tertiary/aromatic N) is 3. The van der Waals surface area contributed by atoms with Gasteiger partial charge in [0, 0.05) is 18.0 Å². The highest BCUT2D eigenvalue weighted by Crippen LogP contribution is 2.41. The molecule has 1 amide bonds. The first-order valence-electron chi connectivity index (χ1n) is 12.7. The van der Waals surface area contributed by atoms with Crippen LogP contribution in [0.4, 0.5) is 4.79 Å². The van der Waals surface area contributed by atoms with E-state index in [1.807, 2.05) is 37.3 Å². The molecule has 1 aromatic heterocycles. The molecule has 1 aliphatic heterocycles. The SMILES string of the molecule is COC(=O)N1CCc2ccc3c(nc([C@H]4CC[C@H](C(=O)O)CC4)n3[C@H](C)[C@H](O)c3ccccc3)c2C1. The van der Waals surface area contributed by atoms with E-state index in [2.05, 4.69) is 16.7 Å². The van der Waals surface area contributed by atoms with Gasteiger partial charge in [0.1, 0.15) is 5.82 Å². The van der Waals surface area contributed by atoms with Gasteiger partial charge in [0.2, 0.25) is 0 Å². The average molecular weight is 492 g/mol. The second-order valence-corrected chi connectivity index (χ2v) is 10.0. The third-order valence-electron chi connectivity index (χ3n) is 7.97. The predicted molar refractivity (Wildman–Crippen MR) is 135 cm³/mol. The van der Waals surface area contributed by atoms with Crippen LogP contribution in [0.3, 0.4) is 0 Å². The molecule has 1 aliphatic carbocycles. The summed E-state index contributed by atoms with van der Waals surface area (Å²) in [6, 6.07) is 13.5. The van der Waals surface area contributed by atoms with E-state index in [1.165, 1.54) is 12.7 Å². The van der Waals surface area contributed by atoms with Gasteiger partial charge < -0.3 is 24.4 Å². The minimum Gasteiger partial charge on any atom is -0.481 e. The highest BCUT2D eigenvalue weighted by atomic mass is 16.5. The number of ether oxygens (including phenoxy) is 1. The van der Waals surface area contributed by atoms with Gasteiger partial charge in [-0.25, -0.2) is 9.78 Å². The second kappa shape index (κ2) is 9.93. The van der Waals surface area contributed by atoms with E-state index in [1.54, 1.807) is 4.90 Å². The Bertz CT molecular complexity index is 1260. The zero-order chi connectivity index (χ0) is 25.4. The molecule has 0 unspecified atom stereocenters. The zero-order valence-corrected chi connectivity index (χ0v) is 20.8. The van der Waals surface area contributed by atoms with Crippen LogP contribution in [0.1, 0.15) is 73.2 Å². The number of carboxylic acids is 1. The van der Waals surface area contributed by atoms with Crippen molar-refractivity contribution >= 4 is 23.1 Å². The Morgan fingerprint density at radius 1 is 1.08 bits per heavy atom. The van der Waals surface area contributed by atoms with Crippen molar-refractivity contribution in [1.82, 2.24) is 14.5 Å². The molecular weight excluding hydrogens is 458 g/mol. The summed E-state index contributed by atoms with van der Waals surface area (Å²) in [5, 5.41) is 20.8. The van der Waals surface area contributed by atoms with Gasteiger partial charge in [-0.2, -0.15) is 0 Å². The Kier molecular flexibility index (Phi) is 6.71. The van der Waals surface area contributed by atoms with Crippen LogP contribution in [-0.4, -0.2) is 50.4 Å². The Hall–Kier alpha value is -3.39. The van der Waals surface area contributed by atoms with E-state index in [-0.39, 0.29) is 24.0 Å². The average Bonchev–Trinajstić information content (AvgIpc) is 3.32. The number of aliphatic hydroxyl groups excluding tert-OH is 1. The van der Waals surface area contributed by atoms with E-state index < -0.39 is 12.1 Å². The Balaban J connectivity index is 1.60. The molecule has 0 spiro atoms. The van der Waals surface area contributed by atoms with Crippen LogP contribution < -0.4 is 0 Å². The maximum Gasteiger partial charge on any atom is 0.409 e. The maximum absolute atomic E-state index is 12.3. The van der Waals surface area contributed by atoms with E-state index in [4.69, 9.17) is 9.72 Å². The number of carbonyl (C=O) groups excluding carboxylic acids is 1. The zero-order valence-electron chi connectivity index (χ0n) is 20.8. The highest BCUT2D eigenvalue weighted by molar-refractivity contribution is 5.82. The van der Waals surface area contributed by atoms with Crippen LogP contribution >= 0.6 is 0 Å². The number of aliphatic carboxylic acids is 1. The summed E-state index contributed by atoms with van der Waals surface area (Å²) in [7, 11) is 1.39. The fourth-order valence-electron chi connectivity index (χ4n) is 5.88. The molecule has 5 rings (SSSR count). The molecule has 2 atom stereocenters. The van der Waals surface area contributed by atoms with E-state index in [9.17, 15) is 19.8 Å². The third kappa shape index (κ3) is 4.34. The molecule has 0 saturated heterocycles. The molecule has 3 aromatic rings. The lowest BCUT2D eigenvalue weighted by Crippen LogP contribution is -2.35. The van der Waals surface area contributed by atoms with Crippen LogP contribution in [0.15, 0.2) is 42.5 Å². The van der Waals surface area contributed by atoms with Crippen molar-refractivity contribution in [2.45, 2.75) is 63.6 Å². The number of amides is 1. The summed E-state index contributed by atoms with van der Waals surface area (Å²) >= 11 is 0. The molecule has 1 fully saturated rings. The number of hydrogen-bond donors (Lipinski definition) is 2. The number of carboxylic acid groups (broad SMARTS) is 1. The van der Waals surface area contributed by atoms with Gasteiger partial charge in [0.05, 0.1) is 42.8 Å². The molecule has 36 heavy (non-hydrogen) atoms. The number of carbonyl (C=O) groups is 2. The monoisotopic (exact) mass is 491 g/mol.